The quantitative estimate of drug-likeness (QED) is 0.649. The first-order valence-corrected chi connectivity index (χ1v) is 5.40. The molecule has 96 valence electrons. The first-order chi connectivity index (χ1) is 8.54. The number of carbonyl (C=O) groups excluding carboxylic acids is 3. The number of amides is 3. The highest BCUT2D eigenvalue weighted by Crippen LogP contribution is 2.00. The highest BCUT2D eigenvalue weighted by Gasteiger charge is 2.22. The molecule has 0 spiro atoms. The third kappa shape index (κ3) is 3.89. The van der Waals surface area contributed by atoms with Gasteiger partial charge in [-0.3, -0.25) is 14.4 Å². The van der Waals surface area contributed by atoms with Crippen LogP contribution in [-0.4, -0.2) is 30.8 Å². The molecule has 1 aromatic rings. The normalized spacial score (nSPS) is 11.4. The number of hydrogen-bond donors (Lipinski definition) is 3. The van der Waals surface area contributed by atoms with Crippen molar-refractivity contribution in [3.05, 3.63) is 35.9 Å². The van der Waals surface area contributed by atoms with E-state index in [1.54, 1.807) is 30.3 Å². The summed E-state index contributed by atoms with van der Waals surface area (Å²) in [7, 11) is 1.42. The first-order valence-electron chi connectivity index (χ1n) is 5.40. The molecule has 0 heterocycles. The van der Waals surface area contributed by atoms with Gasteiger partial charge in [-0.1, -0.05) is 18.2 Å². The molecule has 6 heteroatoms. The molecule has 6 nitrogen and oxygen atoms in total. The molecule has 0 aliphatic heterocycles. The van der Waals surface area contributed by atoms with Crippen molar-refractivity contribution in [2.75, 3.05) is 7.05 Å². The largest absolute Gasteiger partial charge is 0.370 e. The summed E-state index contributed by atoms with van der Waals surface area (Å²) in [5, 5.41) is 4.83. The van der Waals surface area contributed by atoms with Gasteiger partial charge >= 0.3 is 0 Å². The standard InChI is InChI=1S/C12H15N3O3/c1-14-12(18)9(7-10(13)16)15-11(17)8-5-3-2-4-6-8/h2-6,9H,7H2,1H3,(H2,13,16)(H,14,18)(H,15,17). The Labute approximate surface area is 105 Å². The Balaban J connectivity index is 2.74. The molecule has 0 fully saturated rings. The lowest BCUT2D eigenvalue weighted by Crippen LogP contribution is -2.47. The monoisotopic (exact) mass is 249 g/mol. The maximum absolute atomic E-state index is 11.8. The van der Waals surface area contributed by atoms with Crippen molar-refractivity contribution in [2.45, 2.75) is 12.5 Å². The van der Waals surface area contributed by atoms with Gasteiger partial charge in [0.2, 0.25) is 11.8 Å². The van der Waals surface area contributed by atoms with E-state index in [9.17, 15) is 14.4 Å². The Morgan fingerprint density at radius 1 is 1.22 bits per heavy atom. The van der Waals surface area contributed by atoms with Crippen molar-refractivity contribution >= 4 is 17.7 Å². The van der Waals surface area contributed by atoms with Gasteiger partial charge in [-0.25, -0.2) is 0 Å². The molecule has 0 radical (unpaired) electrons. The predicted octanol–water partition coefficient (Wildman–Crippen LogP) is -0.594. The smallest absolute Gasteiger partial charge is 0.251 e. The van der Waals surface area contributed by atoms with Crippen molar-refractivity contribution < 1.29 is 14.4 Å². The summed E-state index contributed by atoms with van der Waals surface area (Å²) in [6.07, 6.45) is -0.238. The van der Waals surface area contributed by atoms with Crippen molar-refractivity contribution in [1.82, 2.24) is 10.6 Å². The minimum absolute atomic E-state index is 0.238. The van der Waals surface area contributed by atoms with E-state index in [4.69, 9.17) is 5.73 Å². The molecule has 1 rings (SSSR count). The Bertz CT molecular complexity index is 445. The average Bonchev–Trinajstić information content (AvgIpc) is 2.37. The Hall–Kier alpha value is -2.37. The average molecular weight is 249 g/mol. The Morgan fingerprint density at radius 2 is 1.83 bits per heavy atom. The summed E-state index contributed by atoms with van der Waals surface area (Å²) in [5.74, 6) is -1.54. The minimum Gasteiger partial charge on any atom is -0.370 e. The van der Waals surface area contributed by atoms with Crippen LogP contribution in [0, 0.1) is 0 Å². The number of nitrogens with two attached hydrogens (primary N) is 1. The molecule has 0 aliphatic rings. The molecule has 0 aromatic heterocycles. The molecular formula is C12H15N3O3. The molecule has 1 unspecified atom stereocenters. The molecule has 0 aliphatic carbocycles. The van der Waals surface area contributed by atoms with E-state index in [-0.39, 0.29) is 6.42 Å². The zero-order valence-corrected chi connectivity index (χ0v) is 9.97. The van der Waals surface area contributed by atoms with Crippen LogP contribution in [0.5, 0.6) is 0 Å². The van der Waals surface area contributed by atoms with Crippen LogP contribution in [0.25, 0.3) is 0 Å². The molecule has 0 saturated carbocycles. The molecule has 0 bridgehead atoms. The van der Waals surface area contributed by atoms with Crippen molar-refractivity contribution in [1.29, 1.82) is 0 Å². The number of hydrogen-bond acceptors (Lipinski definition) is 3. The van der Waals surface area contributed by atoms with Crippen LogP contribution in [0.3, 0.4) is 0 Å². The Kier molecular flexibility index (Phi) is 4.86. The van der Waals surface area contributed by atoms with Crippen molar-refractivity contribution in [3.8, 4) is 0 Å². The van der Waals surface area contributed by atoms with Gasteiger partial charge in [0.15, 0.2) is 0 Å². The van der Waals surface area contributed by atoms with Crippen molar-refractivity contribution in [3.63, 3.8) is 0 Å². The second-order valence-electron chi connectivity index (χ2n) is 3.68. The number of primary amides is 1. The summed E-state index contributed by atoms with van der Waals surface area (Å²) in [5.41, 5.74) is 5.44. The first kappa shape index (κ1) is 13.7. The maximum atomic E-state index is 11.8. The van der Waals surface area contributed by atoms with E-state index in [0.717, 1.165) is 0 Å². The fourth-order valence-electron chi connectivity index (χ4n) is 1.42. The van der Waals surface area contributed by atoms with Crippen LogP contribution in [-0.2, 0) is 9.59 Å². The van der Waals surface area contributed by atoms with Gasteiger partial charge in [-0.15, -0.1) is 0 Å². The van der Waals surface area contributed by atoms with Gasteiger partial charge in [-0.2, -0.15) is 0 Å². The van der Waals surface area contributed by atoms with Gasteiger partial charge < -0.3 is 16.4 Å². The third-order valence-electron chi connectivity index (χ3n) is 2.31. The van der Waals surface area contributed by atoms with E-state index >= 15 is 0 Å². The molecule has 1 atom stereocenters. The highest BCUT2D eigenvalue weighted by molar-refractivity contribution is 5.98. The Morgan fingerprint density at radius 3 is 2.33 bits per heavy atom. The van der Waals surface area contributed by atoms with Gasteiger partial charge in [0, 0.05) is 12.6 Å². The van der Waals surface area contributed by atoms with Gasteiger partial charge in [0.05, 0.1) is 6.42 Å². The number of rotatable bonds is 5. The van der Waals surface area contributed by atoms with Crippen LogP contribution in [0.1, 0.15) is 16.8 Å². The second kappa shape index (κ2) is 6.39. The van der Waals surface area contributed by atoms with E-state index in [2.05, 4.69) is 10.6 Å². The zero-order chi connectivity index (χ0) is 13.5. The number of carbonyl (C=O) groups is 3. The molecule has 4 N–H and O–H groups in total. The summed E-state index contributed by atoms with van der Waals surface area (Å²) in [6, 6.07) is 7.45. The van der Waals surface area contributed by atoms with Crippen LogP contribution < -0.4 is 16.4 Å². The number of benzene rings is 1. The molecule has 0 saturated heterocycles. The van der Waals surface area contributed by atoms with E-state index in [1.807, 2.05) is 0 Å². The lowest BCUT2D eigenvalue weighted by molar-refractivity contribution is -0.126. The SMILES string of the molecule is CNC(=O)C(CC(N)=O)NC(=O)c1ccccc1. The maximum Gasteiger partial charge on any atom is 0.251 e. The molecule has 18 heavy (non-hydrogen) atoms. The van der Waals surface area contributed by atoms with E-state index in [0.29, 0.717) is 5.56 Å². The summed E-state index contributed by atoms with van der Waals surface area (Å²) in [4.78, 5) is 34.1. The van der Waals surface area contributed by atoms with Crippen LogP contribution >= 0.6 is 0 Å². The van der Waals surface area contributed by atoms with Gasteiger partial charge in [-0.05, 0) is 12.1 Å². The van der Waals surface area contributed by atoms with Crippen LogP contribution in [0.4, 0.5) is 0 Å². The fraction of sp³-hybridized carbons (Fsp3) is 0.250. The number of nitrogens with one attached hydrogen (secondary N) is 2. The van der Waals surface area contributed by atoms with Crippen molar-refractivity contribution in [2.24, 2.45) is 5.73 Å². The van der Waals surface area contributed by atoms with Crippen LogP contribution in [0.2, 0.25) is 0 Å². The zero-order valence-electron chi connectivity index (χ0n) is 9.97. The molecule has 1 aromatic carbocycles. The summed E-state index contributed by atoms with van der Waals surface area (Å²) >= 11 is 0. The second-order valence-corrected chi connectivity index (χ2v) is 3.68. The van der Waals surface area contributed by atoms with E-state index in [1.165, 1.54) is 7.05 Å². The lowest BCUT2D eigenvalue weighted by atomic mass is 10.1. The predicted molar refractivity (Wildman–Crippen MR) is 65.6 cm³/mol. The van der Waals surface area contributed by atoms with Gasteiger partial charge in [0.25, 0.3) is 5.91 Å². The highest BCUT2D eigenvalue weighted by atomic mass is 16.2. The number of likely N-dealkylation sites (N-methyl/N-ethyl adjacent to an activating group) is 1. The van der Waals surface area contributed by atoms with Crippen LogP contribution in [0.15, 0.2) is 30.3 Å². The fourth-order valence-corrected chi connectivity index (χ4v) is 1.42. The summed E-state index contributed by atoms with van der Waals surface area (Å²) < 4.78 is 0. The topological polar surface area (TPSA) is 101 Å². The minimum atomic E-state index is -0.958. The lowest BCUT2D eigenvalue weighted by Gasteiger charge is -2.15. The van der Waals surface area contributed by atoms with E-state index < -0.39 is 23.8 Å². The van der Waals surface area contributed by atoms with Gasteiger partial charge in [0.1, 0.15) is 6.04 Å². The third-order valence-corrected chi connectivity index (χ3v) is 2.31. The molecule has 3 amide bonds. The summed E-state index contributed by atoms with van der Waals surface area (Å²) in [6.45, 7) is 0. The molecular weight excluding hydrogens is 234 g/mol.